The van der Waals surface area contributed by atoms with E-state index in [4.69, 9.17) is 5.73 Å². The predicted octanol–water partition coefficient (Wildman–Crippen LogP) is 3.66. The molecule has 1 unspecified atom stereocenters. The van der Waals surface area contributed by atoms with Crippen molar-refractivity contribution in [1.29, 1.82) is 0 Å². The SMILES string of the molecule is CC(NC(=O)c1c(N)c(-c2ccccc2)nc2ccccc12)c1ccc[nH]c1=O. The van der Waals surface area contributed by atoms with Gasteiger partial charge in [0.15, 0.2) is 0 Å². The molecular weight excluding hydrogens is 364 g/mol. The molecule has 4 N–H and O–H groups in total. The van der Waals surface area contributed by atoms with Crippen molar-refractivity contribution in [3.05, 3.63) is 94.4 Å². The van der Waals surface area contributed by atoms with E-state index in [9.17, 15) is 9.59 Å². The molecule has 1 atom stereocenters. The summed E-state index contributed by atoms with van der Waals surface area (Å²) in [7, 11) is 0. The minimum absolute atomic E-state index is 0.238. The maximum absolute atomic E-state index is 13.2. The number of nitrogens with one attached hydrogen (secondary N) is 2. The summed E-state index contributed by atoms with van der Waals surface area (Å²) in [5.74, 6) is -0.353. The summed E-state index contributed by atoms with van der Waals surface area (Å²) in [6.07, 6.45) is 1.56. The maximum atomic E-state index is 13.2. The number of anilines is 1. The zero-order chi connectivity index (χ0) is 20.4. The topological polar surface area (TPSA) is 101 Å². The van der Waals surface area contributed by atoms with Crippen LogP contribution in [-0.4, -0.2) is 15.9 Å². The number of nitrogens with zero attached hydrogens (tertiary/aromatic N) is 1. The van der Waals surface area contributed by atoms with E-state index in [2.05, 4.69) is 15.3 Å². The Bertz CT molecular complexity index is 1250. The quantitative estimate of drug-likeness (QED) is 0.500. The van der Waals surface area contributed by atoms with Crippen LogP contribution in [0.25, 0.3) is 22.2 Å². The summed E-state index contributed by atoms with van der Waals surface area (Å²) in [6.45, 7) is 1.76. The maximum Gasteiger partial charge on any atom is 0.254 e. The summed E-state index contributed by atoms with van der Waals surface area (Å²) in [5, 5.41) is 3.56. The highest BCUT2D eigenvalue weighted by molar-refractivity contribution is 6.12. The van der Waals surface area contributed by atoms with Gasteiger partial charge in [0.05, 0.1) is 28.5 Å². The van der Waals surface area contributed by atoms with Gasteiger partial charge in [0.25, 0.3) is 11.5 Å². The molecule has 29 heavy (non-hydrogen) atoms. The highest BCUT2D eigenvalue weighted by atomic mass is 16.2. The van der Waals surface area contributed by atoms with E-state index in [0.717, 1.165) is 5.56 Å². The van der Waals surface area contributed by atoms with Gasteiger partial charge >= 0.3 is 0 Å². The lowest BCUT2D eigenvalue weighted by atomic mass is 10.00. The fraction of sp³-hybridized carbons (Fsp3) is 0.0870. The van der Waals surface area contributed by atoms with Crippen LogP contribution in [0.3, 0.4) is 0 Å². The van der Waals surface area contributed by atoms with Crippen LogP contribution in [0.15, 0.2) is 77.7 Å². The van der Waals surface area contributed by atoms with Crippen molar-refractivity contribution in [2.24, 2.45) is 0 Å². The van der Waals surface area contributed by atoms with Crippen LogP contribution < -0.4 is 16.6 Å². The summed E-state index contributed by atoms with van der Waals surface area (Å²) in [4.78, 5) is 32.6. The lowest BCUT2D eigenvalue weighted by Gasteiger charge is -2.17. The molecule has 0 spiro atoms. The van der Waals surface area contributed by atoms with Crippen LogP contribution in [0.2, 0.25) is 0 Å². The number of aromatic nitrogens is 2. The van der Waals surface area contributed by atoms with E-state index < -0.39 is 6.04 Å². The Morgan fingerprint density at radius 3 is 2.52 bits per heavy atom. The number of rotatable bonds is 4. The molecule has 0 bridgehead atoms. The Labute approximate surface area is 167 Å². The first-order valence-electron chi connectivity index (χ1n) is 9.28. The van der Waals surface area contributed by atoms with E-state index in [1.54, 1.807) is 25.3 Å². The number of hydrogen-bond donors (Lipinski definition) is 3. The molecule has 6 heteroatoms. The highest BCUT2D eigenvalue weighted by Gasteiger charge is 2.22. The zero-order valence-electron chi connectivity index (χ0n) is 15.8. The number of carbonyl (C=O) groups excluding carboxylic acids is 1. The molecule has 0 saturated heterocycles. The van der Waals surface area contributed by atoms with Gasteiger partial charge in [-0.1, -0.05) is 54.6 Å². The van der Waals surface area contributed by atoms with Gasteiger partial charge < -0.3 is 16.0 Å². The van der Waals surface area contributed by atoms with Crippen molar-refractivity contribution >= 4 is 22.5 Å². The number of amides is 1. The van der Waals surface area contributed by atoms with Gasteiger partial charge in [0, 0.05) is 22.7 Å². The molecule has 4 rings (SSSR count). The third-order valence-corrected chi connectivity index (χ3v) is 4.87. The van der Waals surface area contributed by atoms with Crippen molar-refractivity contribution in [3.63, 3.8) is 0 Å². The Balaban J connectivity index is 1.82. The lowest BCUT2D eigenvalue weighted by Crippen LogP contribution is -2.31. The normalized spacial score (nSPS) is 11.9. The average molecular weight is 384 g/mol. The van der Waals surface area contributed by atoms with Gasteiger partial charge in [-0.05, 0) is 19.1 Å². The second-order valence-electron chi connectivity index (χ2n) is 6.78. The number of nitrogens with two attached hydrogens (primary N) is 1. The molecule has 0 aliphatic rings. The zero-order valence-corrected chi connectivity index (χ0v) is 15.8. The Kier molecular flexibility index (Phi) is 4.83. The van der Waals surface area contributed by atoms with E-state index in [1.165, 1.54) is 0 Å². The fourth-order valence-corrected chi connectivity index (χ4v) is 3.41. The molecule has 1 amide bonds. The number of H-pyrrole nitrogens is 1. The smallest absolute Gasteiger partial charge is 0.254 e. The van der Waals surface area contributed by atoms with Crippen LogP contribution in [-0.2, 0) is 0 Å². The number of aromatic amines is 1. The Morgan fingerprint density at radius 1 is 1.03 bits per heavy atom. The molecule has 144 valence electrons. The van der Waals surface area contributed by atoms with E-state index >= 15 is 0 Å². The van der Waals surface area contributed by atoms with E-state index in [0.29, 0.717) is 33.4 Å². The fourth-order valence-electron chi connectivity index (χ4n) is 3.41. The largest absolute Gasteiger partial charge is 0.396 e. The minimum atomic E-state index is -0.487. The molecule has 6 nitrogen and oxygen atoms in total. The number of nitrogen functional groups attached to an aromatic ring is 1. The number of carbonyl (C=O) groups is 1. The first kappa shape index (κ1) is 18.4. The van der Waals surface area contributed by atoms with Crippen LogP contribution >= 0.6 is 0 Å². The minimum Gasteiger partial charge on any atom is -0.396 e. The van der Waals surface area contributed by atoms with Gasteiger partial charge in [-0.25, -0.2) is 4.98 Å². The predicted molar refractivity (Wildman–Crippen MR) is 115 cm³/mol. The summed E-state index contributed by atoms with van der Waals surface area (Å²) >= 11 is 0. The van der Waals surface area contributed by atoms with Crippen LogP contribution in [0.4, 0.5) is 5.69 Å². The van der Waals surface area contributed by atoms with E-state index in [-0.39, 0.29) is 11.5 Å². The molecule has 0 radical (unpaired) electrons. The van der Waals surface area contributed by atoms with Gasteiger partial charge in [-0.3, -0.25) is 9.59 Å². The second-order valence-corrected chi connectivity index (χ2v) is 6.78. The standard InChI is InChI=1S/C23H20N4O2/c1-14(16-11-7-13-25-22(16)28)26-23(29)19-17-10-5-6-12-18(17)27-21(20(19)24)15-8-3-2-4-9-15/h2-14H,24H2,1H3,(H,25,28)(H,26,29). The van der Waals surface area contributed by atoms with Gasteiger partial charge in [-0.15, -0.1) is 0 Å². The molecule has 0 saturated carbocycles. The number of para-hydroxylation sites is 1. The first-order chi connectivity index (χ1) is 14.1. The van der Waals surface area contributed by atoms with Crippen molar-refractivity contribution in [1.82, 2.24) is 15.3 Å². The second kappa shape index (κ2) is 7.59. The molecular formula is C23H20N4O2. The highest BCUT2D eigenvalue weighted by Crippen LogP contribution is 2.32. The third-order valence-electron chi connectivity index (χ3n) is 4.87. The van der Waals surface area contributed by atoms with E-state index in [1.807, 2.05) is 54.6 Å². The van der Waals surface area contributed by atoms with Crippen LogP contribution in [0.1, 0.15) is 28.9 Å². The first-order valence-corrected chi connectivity index (χ1v) is 9.28. The lowest BCUT2D eigenvalue weighted by molar-refractivity contribution is 0.0942. The summed E-state index contributed by atoms with van der Waals surface area (Å²) in [6, 6.07) is 19.8. The number of pyridine rings is 2. The van der Waals surface area contributed by atoms with Gasteiger partial charge in [0.2, 0.25) is 0 Å². The number of fused-ring (bicyclic) bond motifs is 1. The van der Waals surface area contributed by atoms with Crippen molar-refractivity contribution < 1.29 is 4.79 Å². The molecule has 0 aliphatic carbocycles. The molecule has 0 fully saturated rings. The van der Waals surface area contributed by atoms with Crippen molar-refractivity contribution in [3.8, 4) is 11.3 Å². The van der Waals surface area contributed by atoms with Crippen LogP contribution in [0, 0.1) is 0 Å². The molecule has 0 aliphatic heterocycles. The molecule has 2 aromatic carbocycles. The summed E-state index contributed by atoms with van der Waals surface area (Å²) in [5.41, 5.74) is 9.40. The Morgan fingerprint density at radius 2 is 1.76 bits per heavy atom. The van der Waals surface area contributed by atoms with Crippen LogP contribution in [0.5, 0.6) is 0 Å². The average Bonchev–Trinajstić information content (AvgIpc) is 2.74. The Hall–Kier alpha value is -3.93. The summed E-state index contributed by atoms with van der Waals surface area (Å²) < 4.78 is 0. The molecule has 4 aromatic rings. The van der Waals surface area contributed by atoms with Gasteiger partial charge in [0.1, 0.15) is 0 Å². The van der Waals surface area contributed by atoms with Crippen molar-refractivity contribution in [2.45, 2.75) is 13.0 Å². The monoisotopic (exact) mass is 384 g/mol. The third kappa shape index (κ3) is 3.48. The number of hydrogen-bond acceptors (Lipinski definition) is 4. The molecule has 2 heterocycles. The van der Waals surface area contributed by atoms with Gasteiger partial charge in [-0.2, -0.15) is 0 Å². The number of benzene rings is 2. The molecule has 2 aromatic heterocycles. The van der Waals surface area contributed by atoms with Crippen molar-refractivity contribution in [2.75, 3.05) is 5.73 Å².